The number of benzene rings is 1. The fraction of sp³-hybridized carbons (Fsp3) is 0.500. The van der Waals surface area contributed by atoms with Gasteiger partial charge < -0.3 is 9.64 Å². The van der Waals surface area contributed by atoms with Crippen molar-refractivity contribution in [3.8, 4) is 0 Å². The molecule has 1 heterocycles. The van der Waals surface area contributed by atoms with E-state index in [-0.39, 0.29) is 12.0 Å². The number of ether oxygens (including phenoxy) is 1. The molecule has 18 heavy (non-hydrogen) atoms. The van der Waals surface area contributed by atoms with Crippen LogP contribution in [-0.2, 0) is 4.74 Å². The van der Waals surface area contributed by atoms with Gasteiger partial charge in [0.1, 0.15) is 0 Å². The van der Waals surface area contributed by atoms with Gasteiger partial charge in [-0.05, 0) is 38.0 Å². The van der Waals surface area contributed by atoms with Gasteiger partial charge in [-0.2, -0.15) is 0 Å². The van der Waals surface area contributed by atoms with Gasteiger partial charge in [0, 0.05) is 29.7 Å². The zero-order valence-electron chi connectivity index (χ0n) is 10.6. The Morgan fingerprint density at radius 2 is 2.39 bits per heavy atom. The van der Waals surface area contributed by atoms with Crippen LogP contribution in [0.15, 0.2) is 28.7 Å². The normalized spacial score (nSPS) is 19.9. The van der Waals surface area contributed by atoms with Gasteiger partial charge >= 0.3 is 0 Å². The van der Waals surface area contributed by atoms with E-state index in [1.165, 1.54) is 0 Å². The molecular weight excluding hydrogens is 294 g/mol. The molecule has 0 aliphatic carbocycles. The summed E-state index contributed by atoms with van der Waals surface area (Å²) in [4.78, 5) is 14.2. The number of carbonyl (C=O) groups excluding carboxylic acids is 1. The standard InChI is InChI=1S/C14H18BrNO2/c1-2-18-13-7-4-8-16(10-13)14(17)11-5-3-6-12(15)9-11/h3,5-6,9,13H,2,4,7-8,10H2,1H3. The van der Waals surface area contributed by atoms with E-state index < -0.39 is 0 Å². The summed E-state index contributed by atoms with van der Waals surface area (Å²) in [5.74, 6) is 0.0979. The number of likely N-dealkylation sites (tertiary alicyclic amines) is 1. The average molecular weight is 312 g/mol. The van der Waals surface area contributed by atoms with Crippen LogP contribution < -0.4 is 0 Å². The maximum absolute atomic E-state index is 12.4. The molecule has 1 saturated heterocycles. The third kappa shape index (κ3) is 3.33. The number of carbonyl (C=O) groups is 1. The Labute approximate surface area is 116 Å². The van der Waals surface area contributed by atoms with Crippen molar-refractivity contribution >= 4 is 21.8 Å². The molecule has 1 aliphatic heterocycles. The van der Waals surface area contributed by atoms with Crippen LogP contribution in [0.25, 0.3) is 0 Å². The van der Waals surface area contributed by atoms with Crippen molar-refractivity contribution in [1.82, 2.24) is 4.90 Å². The average Bonchev–Trinajstić information content (AvgIpc) is 2.39. The number of hydrogen-bond donors (Lipinski definition) is 0. The summed E-state index contributed by atoms with van der Waals surface area (Å²) < 4.78 is 6.56. The van der Waals surface area contributed by atoms with Crippen molar-refractivity contribution in [3.05, 3.63) is 34.3 Å². The molecule has 1 atom stereocenters. The molecule has 0 N–H and O–H groups in total. The largest absolute Gasteiger partial charge is 0.377 e. The van der Waals surface area contributed by atoms with Gasteiger partial charge in [-0.25, -0.2) is 0 Å². The first kappa shape index (κ1) is 13.6. The van der Waals surface area contributed by atoms with E-state index in [9.17, 15) is 4.79 Å². The van der Waals surface area contributed by atoms with Crippen LogP contribution in [0.5, 0.6) is 0 Å². The summed E-state index contributed by atoms with van der Waals surface area (Å²) in [6.07, 6.45) is 2.26. The van der Waals surface area contributed by atoms with Crippen LogP contribution in [-0.4, -0.2) is 36.6 Å². The minimum absolute atomic E-state index is 0.0979. The highest BCUT2D eigenvalue weighted by molar-refractivity contribution is 9.10. The highest BCUT2D eigenvalue weighted by Gasteiger charge is 2.24. The van der Waals surface area contributed by atoms with Crippen LogP contribution in [0.4, 0.5) is 0 Å². The lowest BCUT2D eigenvalue weighted by Gasteiger charge is -2.32. The van der Waals surface area contributed by atoms with Crippen molar-refractivity contribution in [1.29, 1.82) is 0 Å². The number of halogens is 1. The molecule has 1 aliphatic rings. The number of rotatable bonds is 3. The topological polar surface area (TPSA) is 29.5 Å². The molecule has 1 aromatic carbocycles. The van der Waals surface area contributed by atoms with Gasteiger partial charge in [0.15, 0.2) is 0 Å². The van der Waals surface area contributed by atoms with Crippen molar-refractivity contribution in [2.24, 2.45) is 0 Å². The smallest absolute Gasteiger partial charge is 0.253 e. The minimum Gasteiger partial charge on any atom is -0.377 e. The molecule has 0 radical (unpaired) electrons. The first-order valence-corrected chi connectivity index (χ1v) is 7.16. The SMILES string of the molecule is CCOC1CCCN(C(=O)c2cccc(Br)c2)C1. The predicted molar refractivity (Wildman–Crippen MR) is 74.7 cm³/mol. The fourth-order valence-electron chi connectivity index (χ4n) is 2.30. The predicted octanol–water partition coefficient (Wildman–Crippen LogP) is 3.09. The number of nitrogens with zero attached hydrogens (tertiary/aromatic N) is 1. The third-order valence-corrected chi connectivity index (χ3v) is 3.63. The second kappa shape index (κ2) is 6.34. The molecule has 1 unspecified atom stereocenters. The first-order valence-electron chi connectivity index (χ1n) is 6.37. The maximum atomic E-state index is 12.4. The second-order valence-corrected chi connectivity index (χ2v) is 5.40. The van der Waals surface area contributed by atoms with Gasteiger partial charge in [-0.1, -0.05) is 22.0 Å². The van der Waals surface area contributed by atoms with E-state index >= 15 is 0 Å². The van der Waals surface area contributed by atoms with Crippen molar-refractivity contribution in [3.63, 3.8) is 0 Å². The van der Waals surface area contributed by atoms with Crippen LogP contribution in [0.2, 0.25) is 0 Å². The number of amides is 1. The van der Waals surface area contributed by atoms with Crippen LogP contribution in [0.3, 0.4) is 0 Å². The van der Waals surface area contributed by atoms with Gasteiger partial charge in [-0.15, -0.1) is 0 Å². The van der Waals surface area contributed by atoms with E-state index in [1.807, 2.05) is 36.1 Å². The monoisotopic (exact) mass is 311 g/mol. The highest BCUT2D eigenvalue weighted by Crippen LogP contribution is 2.18. The molecule has 0 aromatic heterocycles. The minimum atomic E-state index is 0.0979. The van der Waals surface area contributed by atoms with Crippen LogP contribution >= 0.6 is 15.9 Å². The Hall–Kier alpha value is -0.870. The van der Waals surface area contributed by atoms with E-state index in [2.05, 4.69) is 15.9 Å². The maximum Gasteiger partial charge on any atom is 0.253 e. The molecular formula is C14H18BrNO2. The van der Waals surface area contributed by atoms with E-state index in [0.717, 1.165) is 29.4 Å². The molecule has 3 nitrogen and oxygen atoms in total. The lowest BCUT2D eigenvalue weighted by atomic mass is 10.1. The Kier molecular flexibility index (Phi) is 4.78. The molecule has 1 aromatic rings. The van der Waals surface area contributed by atoms with Crippen LogP contribution in [0, 0.1) is 0 Å². The molecule has 4 heteroatoms. The Bertz CT molecular complexity index is 420. The summed E-state index contributed by atoms with van der Waals surface area (Å²) in [6, 6.07) is 7.54. The third-order valence-electron chi connectivity index (χ3n) is 3.14. The summed E-state index contributed by atoms with van der Waals surface area (Å²) in [6.45, 7) is 4.24. The zero-order chi connectivity index (χ0) is 13.0. The molecule has 98 valence electrons. The molecule has 1 amide bonds. The molecule has 0 spiro atoms. The van der Waals surface area contributed by atoms with Gasteiger partial charge in [0.05, 0.1) is 6.10 Å². The van der Waals surface area contributed by atoms with E-state index in [0.29, 0.717) is 13.2 Å². The molecule has 2 rings (SSSR count). The van der Waals surface area contributed by atoms with Crippen molar-refractivity contribution < 1.29 is 9.53 Å². The summed E-state index contributed by atoms with van der Waals surface area (Å²) in [5.41, 5.74) is 0.738. The Morgan fingerprint density at radius 1 is 1.56 bits per heavy atom. The Balaban J connectivity index is 2.04. The summed E-state index contributed by atoms with van der Waals surface area (Å²) >= 11 is 3.40. The van der Waals surface area contributed by atoms with Gasteiger partial charge in [0.2, 0.25) is 0 Å². The van der Waals surface area contributed by atoms with Gasteiger partial charge in [-0.3, -0.25) is 4.79 Å². The summed E-state index contributed by atoms with van der Waals surface area (Å²) in [7, 11) is 0. The highest BCUT2D eigenvalue weighted by atomic mass is 79.9. The Morgan fingerprint density at radius 3 is 3.11 bits per heavy atom. The second-order valence-electron chi connectivity index (χ2n) is 4.48. The number of piperidine rings is 1. The van der Waals surface area contributed by atoms with Crippen LogP contribution in [0.1, 0.15) is 30.1 Å². The van der Waals surface area contributed by atoms with E-state index in [4.69, 9.17) is 4.74 Å². The van der Waals surface area contributed by atoms with Gasteiger partial charge in [0.25, 0.3) is 5.91 Å². The molecule has 1 fully saturated rings. The lowest BCUT2D eigenvalue weighted by Crippen LogP contribution is -2.43. The van der Waals surface area contributed by atoms with Crippen molar-refractivity contribution in [2.75, 3.05) is 19.7 Å². The zero-order valence-corrected chi connectivity index (χ0v) is 12.1. The first-order chi connectivity index (χ1) is 8.70. The summed E-state index contributed by atoms with van der Waals surface area (Å²) in [5, 5.41) is 0. The molecule has 0 saturated carbocycles. The fourth-order valence-corrected chi connectivity index (χ4v) is 2.70. The number of hydrogen-bond acceptors (Lipinski definition) is 2. The molecule has 0 bridgehead atoms. The quantitative estimate of drug-likeness (QED) is 0.858. The lowest BCUT2D eigenvalue weighted by molar-refractivity contribution is 0.00724. The van der Waals surface area contributed by atoms with E-state index in [1.54, 1.807) is 0 Å². The van der Waals surface area contributed by atoms with Crippen molar-refractivity contribution in [2.45, 2.75) is 25.9 Å².